The van der Waals surface area contributed by atoms with E-state index in [4.69, 9.17) is 9.29 Å². The number of hydrogen-bond donors (Lipinski definition) is 1. The molecule has 0 saturated carbocycles. The van der Waals surface area contributed by atoms with Crippen molar-refractivity contribution < 1.29 is 74.2 Å². The van der Waals surface area contributed by atoms with Crippen molar-refractivity contribution in [2.45, 2.75) is 82.4 Å². The number of benzene rings is 2. The molecule has 0 aliphatic rings. The van der Waals surface area contributed by atoms with Gasteiger partial charge in [-0.1, -0.05) is 76.8 Å². The maximum absolute atomic E-state index is 11.6. The van der Waals surface area contributed by atoms with E-state index < -0.39 is 20.8 Å². The van der Waals surface area contributed by atoms with Crippen LogP contribution in [0, 0.1) is 0 Å². The normalized spacial score (nSPS) is 11.2. The molecule has 31 heavy (non-hydrogen) atoms. The Morgan fingerprint density at radius 2 is 1.35 bits per heavy atom. The first kappa shape index (κ1) is 28.6. The van der Waals surface area contributed by atoms with Crippen LogP contribution in [0.25, 0.3) is 0 Å². The monoisotopic (exact) mass is 472 g/mol. The minimum absolute atomic E-state index is 0. The SMILES string of the molecule is CCCCCCCCCCCCc1ccc(Oc2cc([O-])cc(S(=O)(=O)O)c2)cc1.[K+]. The Morgan fingerprint density at radius 3 is 1.90 bits per heavy atom. The Labute approximate surface area is 229 Å². The van der Waals surface area contributed by atoms with Gasteiger partial charge in [-0.15, -0.1) is 5.75 Å². The van der Waals surface area contributed by atoms with Gasteiger partial charge in [-0.3, -0.25) is 4.55 Å². The molecule has 0 aliphatic carbocycles. The zero-order valence-corrected chi connectivity index (χ0v) is 22.7. The van der Waals surface area contributed by atoms with Gasteiger partial charge in [-0.05, 0) is 42.7 Å². The molecular formula is C24H33KO5S. The molecule has 0 unspecified atom stereocenters. The van der Waals surface area contributed by atoms with Crippen LogP contribution in [0.2, 0.25) is 0 Å². The predicted octanol–water partition coefficient (Wildman–Crippen LogP) is 3.27. The van der Waals surface area contributed by atoms with Crippen LogP contribution >= 0.6 is 0 Å². The Bertz CT molecular complexity index is 866. The molecule has 166 valence electrons. The van der Waals surface area contributed by atoms with Crippen molar-refractivity contribution in [2.75, 3.05) is 0 Å². The molecular weight excluding hydrogens is 439 g/mol. The van der Waals surface area contributed by atoms with Crippen molar-refractivity contribution in [3.8, 4) is 17.2 Å². The zero-order chi connectivity index (χ0) is 21.8. The van der Waals surface area contributed by atoms with E-state index in [-0.39, 0.29) is 57.1 Å². The molecule has 0 spiro atoms. The van der Waals surface area contributed by atoms with Crippen LogP contribution in [0.4, 0.5) is 0 Å². The van der Waals surface area contributed by atoms with Crippen molar-refractivity contribution in [1.29, 1.82) is 0 Å². The molecule has 0 saturated heterocycles. The minimum atomic E-state index is -4.45. The van der Waals surface area contributed by atoms with E-state index in [1.807, 2.05) is 12.1 Å². The Morgan fingerprint density at radius 1 is 0.806 bits per heavy atom. The average molecular weight is 473 g/mol. The number of hydrogen-bond acceptors (Lipinski definition) is 4. The summed E-state index contributed by atoms with van der Waals surface area (Å²) in [6.07, 6.45) is 14.1. The maximum atomic E-state index is 11.6. The van der Waals surface area contributed by atoms with Crippen LogP contribution in [-0.2, 0) is 16.5 Å². The van der Waals surface area contributed by atoms with Gasteiger partial charge in [0.25, 0.3) is 10.1 Å². The van der Waals surface area contributed by atoms with Crippen molar-refractivity contribution in [1.82, 2.24) is 0 Å². The maximum Gasteiger partial charge on any atom is 1.00 e. The van der Waals surface area contributed by atoms with Crippen molar-refractivity contribution in [3.05, 3.63) is 48.0 Å². The first-order valence-corrected chi connectivity index (χ1v) is 12.4. The second kappa shape index (κ2) is 15.4. The van der Waals surface area contributed by atoms with E-state index in [0.717, 1.165) is 25.0 Å². The fourth-order valence-corrected chi connectivity index (χ4v) is 3.96. The smallest absolute Gasteiger partial charge is 0.872 e. The summed E-state index contributed by atoms with van der Waals surface area (Å²) in [5.74, 6) is 0.0454. The van der Waals surface area contributed by atoms with Gasteiger partial charge in [0.2, 0.25) is 0 Å². The summed E-state index contributed by atoms with van der Waals surface area (Å²) >= 11 is 0. The summed E-state index contributed by atoms with van der Waals surface area (Å²) in [6, 6.07) is 10.7. The Balaban J connectivity index is 0.00000480. The van der Waals surface area contributed by atoms with Gasteiger partial charge in [0.1, 0.15) is 11.5 Å². The molecule has 0 aliphatic heterocycles. The van der Waals surface area contributed by atoms with E-state index in [1.54, 1.807) is 12.1 Å². The molecule has 2 rings (SSSR count). The second-order valence-electron chi connectivity index (χ2n) is 7.79. The van der Waals surface area contributed by atoms with E-state index in [9.17, 15) is 13.5 Å². The van der Waals surface area contributed by atoms with Crippen LogP contribution in [0.5, 0.6) is 17.2 Å². The molecule has 0 bridgehead atoms. The molecule has 0 aromatic heterocycles. The number of rotatable bonds is 14. The van der Waals surface area contributed by atoms with Crippen LogP contribution in [-0.4, -0.2) is 13.0 Å². The third-order valence-electron chi connectivity index (χ3n) is 5.13. The van der Waals surface area contributed by atoms with Crippen molar-refractivity contribution in [3.63, 3.8) is 0 Å². The topological polar surface area (TPSA) is 86.7 Å². The zero-order valence-electron chi connectivity index (χ0n) is 18.8. The number of unbranched alkanes of at least 4 members (excludes halogenated alkanes) is 9. The molecule has 0 radical (unpaired) electrons. The van der Waals surface area contributed by atoms with Crippen LogP contribution in [0.15, 0.2) is 47.4 Å². The standard InChI is InChI=1S/C24H34O5S.K/c1-2-3-4-5-6-7-8-9-10-11-12-20-13-15-22(16-14-20)29-23-17-21(25)18-24(19-23)30(26,27)28;/h13-19,25H,2-12H2,1H3,(H,26,27,28);/q;+1/p-1. The average Bonchev–Trinajstić information content (AvgIpc) is 2.69. The molecule has 0 heterocycles. The van der Waals surface area contributed by atoms with E-state index in [1.165, 1.54) is 69.4 Å². The third kappa shape index (κ3) is 11.9. The Kier molecular flexibility index (Phi) is 14.2. The van der Waals surface area contributed by atoms with Crippen LogP contribution in [0.3, 0.4) is 0 Å². The molecule has 5 nitrogen and oxygen atoms in total. The number of ether oxygens (including phenoxy) is 1. The summed E-state index contributed by atoms with van der Waals surface area (Å²) < 4.78 is 37.2. The van der Waals surface area contributed by atoms with Crippen molar-refractivity contribution >= 4 is 10.1 Å². The summed E-state index contributed by atoms with van der Waals surface area (Å²) in [5.41, 5.74) is 1.22. The van der Waals surface area contributed by atoms with Crippen LogP contribution < -0.4 is 61.2 Å². The van der Waals surface area contributed by atoms with Crippen molar-refractivity contribution in [2.24, 2.45) is 0 Å². The molecule has 2 aromatic rings. The first-order valence-electron chi connectivity index (χ1n) is 10.9. The minimum Gasteiger partial charge on any atom is -0.872 e. The molecule has 7 heteroatoms. The molecule has 2 aromatic carbocycles. The second-order valence-corrected chi connectivity index (χ2v) is 9.21. The van der Waals surface area contributed by atoms with Gasteiger partial charge < -0.3 is 9.84 Å². The van der Waals surface area contributed by atoms with Gasteiger partial charge in [0.05, 0.1) is 4.90 Å². The summed E-state index contributed by atoms with van der Waals surface area (Å²) in [4.78, 5) is -0.470. The molecule has 0 amide bonds. The van der Waals surface area contributed by atoms with Gasteiger partial charge in [0, 0.05) is 6.07 Å². The molecule has 0 fully saturated rings. The summed E-state index contributed by atoms with van der Waals surface area (Å²) in [6.45, 7) is 2.25. The summed E-state index contributed by atoms with van der Waals surface area (Å²) in [5, 5.41) is 11.6. The molecule has 0 atom stereocenters. The van der Waals surface area contributed by atoms with Gasteiger partial charge in [0.15, 0.2) is 0 Å². The van der Waals surface area contributed by atoms with Gasteiger partial charge in [-0.2, -0.15) is 8.42 Å². The van der Waals surface area contributed by atoms with E-state index in [2.05, 4.69) is 6.92 Å². The largest absolute Gasteiger partial charge is 1.00 e. The first-order chi connectivity index (χ1) is 14.4. The van der Waals surface area contributed by atoms with Crippen LogP contribution in [0.1, 0.15) is 76.7 Å². The fourth-order valence-electron chi connectivity index (χ4n) is 3.43. The molecule has 1 N–H and O–H groups in total. The third-order valence-corrected chi connectivity index (χ3v) is 5.96. The Hall–Kier alpha value is -0.414. The van der Waals surface area contributed by atoms with E-state index in [0.29, 0.717) is 5.75 Å². The fraction of sp³-hybridized carbons (Fsp3) is 0.500. The van der Waals surface area contributed by atoms with Gasteiger partial charge >= 0.3 is 51.4 Å². The summed E-state index contributed by atoms with van der Waals surface area (Å²) in [7, 11) is -4.45. The predicted molar refractivity (Wildman–Crippen MR) is 118 cm³/mol. The van der Waals surface area contributed by atoms with Gasteiger partial charge in [-0.25, -0.2) is 0 Å². The van der Waals surface area contributed by atoms with E-state index >= 15 is 0 Å². The number of aryl methyl sites for hydroxylation is 1. The quantitative estimate of drug-likeness (QED) is 0.259.